The van der Waals surface area contributed by atoms with E-state index < -0.39 is 6.04 Å². The molecule has 2 aromatic rings. The highest BCUT2D eigenvalue weighted by atomic mass is 32.1. The SMILES string of the molecule is N[C@@H](Cc1ccc(O)cc1)C(=O)NCc1nccs1. The Bertz CT molecular complexity index is 525. The number of hydrogen-bond donors (Lipinski definition) is 3. The summed E-state index contributed by atoms with van der Waals surface area (Å²) in [5.41, 5.74) is 6.75. The van der Waals surface area contributed by atoms with E-state index in [0.29, 0.717) is 13.0 Å². The van der Waals surface area contributed by atoms with Crippen LogP contribution in [0.3, 0.4) is 0 Å². The van der Waals surface area contributed by atoms with Gasteiger partial charge in [0.05, 0.1) is 12.6 Å². The molecule has 0 aliphatic rings. The summed E-state index contributed by atoms with van der Waals surface area (Å²) in [6.07, 6.45) is 2.13. The van der Waals surface area contributed by atoms with Gasteiger partial charge in [0.1, 0.15) is 10.8 Å². The number of carbonyl (C=O) groups is 1. The number of hydrogen-bond acceptors (Lipinski definition) is 5. The van der Waals surface area contributed by atoms with Crippen LogP contribution in [0.2, 0.25) is 0 Å². The van der Waals surface area contributed by atoms with Crippen molar-refractivity contribution in [2.45, 2.75) is 19.0 Å². The largest absolute Gasteiger partial charge is 0.508 e. The van der Waals surface area contributed by atoms with Crippen LogP contribution in [0.4, 0.5) is 0 Å². The van der Waals surface area contributed by atoms with Gasteiger partial charge in [0.2, 0.25) is 5.91 Å². The standard InChI is InChI=1S/C13H15N3O2S/c14-11(7-9-1-3-10(17)4-2-9)13(18)16-8-12-15-5-6-19-12/h1-6,11,17H,7-8,14H2,(H,16,18)/t11-/m0/s1. The molecule has 0 unspecified atom stereocenters. The van der Waals surface area contributed by atoms with Crippen molar-refractivity contribution in [2.75, 3.05) is 0 Å². The van der Waals surface area contributed by atoms with E-state index >= 15 is 0 Å². The Labute approximate surface area is 115 Å². The first-order valence-corrected chi connectivity index (χ1v) is 6.72. The van der Waals surface area contributed by atoms with Crippen LogP contribution in [0.25, 0.3) is 0 Å². The molecule has 6 heteroatoms. The van der Waals surface area contributed by atoms with E-state index in [2.05, 4.69) is 10.3 Å². The van der Waals surface area contributed by atoms with E-state index in [1.165, 1.54) is 11.3 Å². The molecule has 19 heavy (non-hydrogen) atoms. The molecule has 0 bridgehead atoms. The normalized spacial score (nSPS) is 12.1. The topological polar surface area (TPSA) is 88.2 Å². The summed E-state index contributed by atoms with van der Waals surface area (Å²) in [7, 11) is 0. The Hall–Kier alpha value is -1.92. The highest BCUT2D eigenvalue weighted by Crippen LogP contribution is 2.11. The predicted molar refractivity (Wildman–Crippen MR) is 73.7 cm³/mol. The molecule has 4 N–H and O–H groups in total. The number of aromatic hydroxyl groups is 1. The van der Waals surface area contributed by atoms with Gasteiger partial charge in [-0.15, -0.1) is 11.3 Å². The lowest BCUT2D eigenvalue weighted by molar-refractivity contribution is -0.122. The molecule has 1 amide bonds. The number of nitrogens with two attached hydrogens (primary N) is 1. The molecule has 0 aliphatic carbocycles. The van der Waals surface area contributed by atoms with Crippen LogP contribution in [0.15, 0.2) is 35.8 Å². The molecule has 0 aliphatic heterocycles. The van der Waals surface area contributed by atoms with E-state index in [9.17, 15) is 9.90 Å². The Morgan fingerprint density at radius 1 is 1.42 bits per heavy atom. The second-order valence-corrected chi connectivity index (χ2v) is 5.10. The van der Waals surface area contributed by atoms with E-state index in [0.717, 1.165) is 10.6 Å². The molecular weight excluding hydrogens is 262 g/mol. The minimum Gasteiger partial charge on any atom is -0.508 e. The molecule has 0 saturated carbocycles. The van der Waals surface area contributed by atoms with Gasteiger partial charge in [-0.2, -0.15) is 0 Å². The van der Waals surface area contributed by atoms with Crippen molar-refractivity contribution in [2.24, 2.45) is 5.73 Å². The number of phenols is 1. The maximum absolute atomic E-state index is 11.8. The van der Waals surface area contributed by atoms with Crippen LogP contribution in [0.5, 0.6) is 5.75 Å². The van der Waals surface area contributed by atoms with Gasteiger partial charge in [-0.1, -0.05) is 12.1 Å². The van der Waals surface area contributed by atoms with E-state index in [1.54, 1.807) is 30.5 Å². The number of phenolic OH excluding ortho intramolecular Hbond substituents is 1. The number of amides is 1. The quantitative estimate of drug-likeness (QED) is 0.762. The smallest absolute Gasteiger partial charge is 0.237 e. The Morgan fingerprint density at radius 2 is 2.16 bits per heavy atom. The average Bonchev–Trinajstić information content (AvgIpc) is 2.91. The summed E-state index contributed by atoms with van der Waals surface area (Å²) in [5.74, 6) is -0.00572. The van der Waals surface area contributed by atoms with Crippen LogP contribution in [-0.4, -0.2) is 22.0 Å². The third-order valence-corrected chi connectivity index (χ3v) is 3.41. The second-order valence-electron chi connectivity index (χ2n) is 4.12. The molecule has 1 atom stereocenters. The van der Waals surface area contributed by atoms with Gasteiger partial charge in [0, 0.05) is 11.6 Å². The summed E-state index contributed by atoms with van der Waals surface area (Å²) in [6, 6.07) is 6.06. The molecule has 1 aromatic heterocycles. The van der Waals surface area contributed by atoms with Crippen molar-refractivity contribution in [1.82, 2.24) is 10.3 Å². The first-order valence-electron chi connectivity index (χ1n) is 5.84. The minimum atomic E-state index is -0.607. The van der Waals surface area contributed by atoms with Crippen molar-refractivity contribution in [3.63, 3.8) is 0 Å². The van der Waals surface area contributed by atoms with Crippen LogP contribution in [-0.2, 0) is 17.8 Å². The van der Waals surface area contributed by atoms with Gasteiger partial charge in [0.25, 0.3) is 0 Å². The fourth-order valence-electron chi connectivity index (χ4n) is 1.61. The molecule has 0 radical (unpaired) electrons. The third-order valence-electron chi connectivity index (χ3n) is 2.63. The molecule has 2 rings (SSSR count). The summed E-state index contributed by atoms with van der Waals surface area (Å²) < 4.78 is 0. The van der Waals surface area contributed by atoms with Crippen molar-refractivity contribution in [3.05, 3.63) is 46.4 Å². The van der Waals surface area contributed by atoms with Gasteiger partial charge < -0.3 is 16.2 Å². The van der Waals surface area contributed by atoms with Gasteiger partial charge in [0.15, 0.2) is 0 Å². The third kappa shape index (κ3) is 4.04. The zero-order valence-corrected chi connectivity index (χ0v) is 11.1. The fraction of sp³-hybridized carbons (Fsp3) is 0.231. The van der Waals surface area contributed by atoms with Crippen LogP contribution < -0.4 is 11.1 Å². The van der Waals surface area contributed by atoms with Gasteiger partial charge >= 0.3 is 0 Å². The zero-order valence-electron chi connectivity index (χ0n) is 10.2. The molecule has 0 saturated heterocycles. The lowest BCUT2D eigenvalue weighted by Crippen LogP contribution is -2.41. The number of carbonyl (C=O) groups excluding carboxylic acids is 1. The molecule has 0 spiro atoms. The number of rotatable bonds is 5. The monoisotopic (exact) mass is 277 g/mol. The van der Waals surface area contributed by atoms with E-state index in [-0.39, 0.29) is 11.7 Å². The minimum absolute atomic E-state index is 0.200. The Morgan fingerprint density at radius 3 is 2.79 bits per heavy atom. The number of nitrogens with one attached hydrogen (secondary N) is 1. The highest BCUT2D eigenvalue weighted by molar-refractivity contribution is 7.09. The van der Waals surface area contributed by atoms with E-state index in [4.69, 9.17) is 5.73 Å². The number of aromatic nitrogens is 1. The van der Waals surface area contributed by atoms with Gasteiger partial charge in [-0.05, 0) is 24.1 Å². The van der Waals surface area contributed by atoms with Gasteiger partial charge in [-0.25, -0.2) is 4.98 Å². The summed E-state index contributed by atoms with van der Waals surface area (Å²) in [6.45, 7) is 0.403. The average molecular weight is 277 g/mol. The lowest BCUT2D eigenvalue weighted by Gasteiger charge is -2.11. The van der Waals surface area contributed by atoms with Gasteiger partial charge in [-0.3, -0.25) is 4.79 Å². The maximum Gasteiger partial charge on any atom is 0.237 e. The summed E-state index contributed by atoms with van der Waals surface area (Å²) in [5, 5.41) is 14.6. The highest BCUT2D eigenvalue weighted by Gasteiger charge is 2.14. The summed E-state index contributed by atoms with van der Waals surface area (Å²) >= 11 is 1.49. The molecular formula is C13H15N3O2S. The number of benzene rings is 1. The second kappa shape index (κ2) is 6.31. The summed E-state index contributed by atoms with van der Waals surface area (Å²) in [4.78, 5) is 15.9. The first-order chi connectivity index (χ1) is 9.15. The lowest BCUT2D eigenvalue weighted by atomic mass is 10.1. The van der Waals surface area contributed by atoms with Crippen molar-refractivity contribution in [1.29, 1.82) is 0 Å². The Kier molecular flexibility index (Phi) is 4.48. The molecule has 100 valence electrons. The predicted octanol–water partition coefficient (Wildman–Crippen LogP) is 1.03. The van der Waals surface area contributed by atoms with Crippen molar-refractivity contribution >= 4 is 17.2 Å². The molecule has 0 fully saturated rings. The van der Waals surface area contributed by atoms with Crippen LogP contribution in [0.1, 0.15) is 10.6 Å². The molecule has 5 nitrogen and oxygen atoms in total. The van der Waals surface area contributed by atoms with Crippen molar-refractivity contribution in [3.8, 4) is 5.75 Å². The van der Waals surface area contributed by atoms with Crippen molar-refractivity contribution < 1.29 is 9.90 Å². The fourth-order valence-corrected chi connectivity index (χ4v) is 2.17. The maximum atomic E-state index is 11.8. The number of nitrogens with zero attached hydrogens (tertiary/aromatic N) is 1. The number of thiazole rings is 1. The molecule has 1 heterocycles. The van der Waals surface area contributed by atoms with E-state index in [1.807, 2.05) is 5.38 Å². The first kappa shape index (κ1) is 13.5. The zero-order chi connectivity index (χ0) is 13.7. The molecule has 1 aromatic carbocycles. The Balaban J connectivity index is 1.83. The van der Waals surface area contributed by atoms with Crippen LogP contribution >= 0.6 is 11.3 Å². The van der Waals surface area contributed by atoms with Crippen LogP contribution in [0, 0.1) is 0 Å².